The normalized spacial score (nSPS) is 10.8. The van der Waals surface area contributed by atoms with Crippen LogP contribution in [0.4, 0.5) is 21.5 Å². The van der Waals surface area contributed by atoms with Crippen LogP contribution in [0.15, 0.2) is 42.5 Å². The number of nitrogens with one attached hydrogen (secondary N) is 2. The Hall–Kier alpha value is -3.82. The molecule has 0 fully saturated rings. The van der Waals surface area contributed by atoms with Crippen LogP contribution in [-0.4, -0.2) is 29.3 Å². The fourth-order valence-electron chi connectivity index (χ4n) is 2.18. The first-order valence-corrected chi connectivity index (χ1v) is 8.80. The minimum atomic E-state index is -1.04. The number of halogens is 1. The van der Waals surface area contributed by atoms with Crippen LogP contribution in [0.1, 0.15) is 31.1 Å². The highest BCUT2D eigenvalue weighted by Crippen LogP contribution is 2.22. The van der Waals surface area contributed by atoms with Crippen LogP contribution >= 0.6 is 0 Å². The van der Waals surface area contributed by atoms with E-state index in [-0.39, 0.29) is 17.2 Å². The number of carbonyl (C=O) groups excluding carboxylic acids is 3. The fraction of sp³-hybridized carbons (Fsp3) is 0.250. The lowest BCUT2D eigenvalue weighted by Gasteiger charge is -2.17. The number of hydrogen-bond donors (Lipinski definition) is 2. The Bertz CT molecular complexity index is 1000. The lowest BCUT2D eigenvalue weighted by Crippen LogP contribution is -2.27. The molecule has 0 radical (unpaired) electrons. The van der Waals surface area contributed by atoms with Crippen LogP contribution in [-0.2, 0) is 14.3 Å². The molecule has 0 unspecified atom stereocenters. The van der Waals surface area contributed by atoms with Crippen LogP contribution in [0.25, 0.3) is 0 Å². The van der Waals surface area contributed by atoms with Gasteiger partial charge >= 0.3 is 11.7 Å². The molecule has 10 heteroatoms. The predicted molar refractivity (Wildman–Crippen MR) is 106 cm³/mol. The van der Waals surface area contributed by atoms with Crippen molar-refractivity contribution in [1.82, 2.24) is 0 Å². The second-order valence-corrected chi connectivity index (χ2v) is 7.33. The Morgan fingerprint density at radius 3 is 2.37 bits per heavy atom. The molecule has 0 saturated heterocycles. The number of hydrogen-bond acceptors (Lipinski definition) is 6. The van der Waals surface area contributed by atoms with Gasteiger partial charge in [0, 0.05) is 22.9 Å². The number of carbonyl (C=O) groups is 3. The van der Waals surface area contributed by atoms with Crippen molar-refractivity contribution in [1.29, 1.82) is 0 Å². The third kappa shape index (κ3) is 6.09. The van der Waals surface area contributed by atoms with Crippen molar-refractivity contribution in [2.45, 2.75) is 20.8 Å². The van der Waals surface area contributed by atoms with Gasteiger partial charge in [0.1, 0.15) is 0 Å². The molecule has 0 heterocycles. The highest BCUT2D eigenvalue weighted by molar-refractivity contribution is 5.98. The average Bonchev–Trinajstić information content (AvgIpc) is 2.66. The van der Waals surface area contributed by atoms with Crippen LogP contribution in [0.5, 0.6) is 0 Å². The Morgan fingerprint density at radius 1 is 1.07 bits per heavy atom. The molecule has 0 aliphatic heterocycles. The summed E-state index contributed by atoms with van der Waals surface area (Å²) in [7, 11) is 0. The summed E-state index contributed by atoms with van der Waals surface area (Å²) in [5.74, 6) is -2.84. The Balaban J connectivity index is 1.96. The maximum Gasteiger partial charge on any atom is 0.338 e. The molecule has 2 N–H and O–H groups in total. The standard InChI is InChI=1S/C20H20FN3O6/c1-20(2,3)19(27)23-13-6-4-5-12(9-13)18(26)30-11-17(25)22-14-7-8-15(21)16(10-14)24(28)29/h4-10H,11H2,1-3H3,(H,22,25)(H,23,27). The molecule has 30 heavy (non-hydrogen) atoms. The van der Waals surface area contributed by atoms with Crippen molar-refractivity contribution in [3.05, 3.63) is 64.0 Å². The van der Waals surface area contributed by atoms with E-state index in [2.05, 4.69) is 10.6 Å². The summed E-state index contributed by atoms with van der Waals surface area (Å²) >= 11 is 0. The number of nitro benzene ring substituents is 1. The largest absolute Gasteiger partial charge is 0.452 e. The molecule has 0 atom stereocenters. The number of esters is 1. The summed E-state index contributed by atoms with van der Waals surface area (Å²) in [4.78, 5) is 46.0. The van der Waals surface area contributed by atoms with Gasteiger partial charge in [0.05, 0.1) is 10.5 Å². The van der Waals surface area contributed by atoms with Gasteiger partial charge in [-0.15, -0.1) is 0 Å². The van der Waals surface area contributed by atoms with Gasteiger partial charge in [-0.1, -0.05) is 26.8 Å². The van der Waals surface area contributed by atoms with E-state index < -0.39 is 40.3 Å². The number of nitro groups is 1. The molecule has 2 rings (SSSR count). The third-order valence-corrected chi connectivity index (χ3v) is 3.80. The molecule has 0 aliphatic carbocycles. The number of nitrogens with zero attached hydrogens (tertiary/aromatic N) is 1. The van der Waals surface area contributed by atoms with Gasteiger partial charge in [-0.3, -0.25) is 19.7 Å². The van der Waals surface area contributed by atoms with Gasteiger partial charge in [0.15, 0.2) is 6.61 Å². The zero-order chi connectivity index (χ0) is 22.5. The van der Waals surface area contributed by atoms with Crippen LogP contribution in [0, 0.1) is 21.3 Å². The molecule has 0 spiro atoms. The van der Waals surface area contributed by atoms with Crippen molar-refractivity contribution >= 4 is 34.8 Å². The maximum atomic E-state index is 13.3. The van der Waals surface area contributed by atoms with Gasteiger partial charge in [-0.25, -0.2) is 4.79 Å². The van der Waals surface area contributed by atoms with Gasteiger partial charge < -0.3 is 15.4 Å². The fourth-order valence-corrected chi connectivity index (χ4v) is 2.18. The molecule has 0 aliphatic rings. The first-order valence-electron chi connectivity index (χ1n) is 8.80. The van der Waals surface area contributed by atoms with Crippen molar-refractivity contribution < 1.29 is 28.4 Å². The van der Waals surface area contributed by atoms with Gasteiger partial charge in [-0.05, 0) is 30.3 Å². The third-order valence-electron chi connectivity index (χ3n) is 3.80. The quantitative estimate of drug-likeness (QED) is 0.421. The topological polar surface area (TPSA) is 128 Å². The first kappa shape index (κ1) is 22.5. The van der Waals surface area contributed by atoms with E-state index in [1.807, 2.05) is 0 Å². The number of rotatable bonds is 6. The van der Waals surface area contributed by atoms with E-state index in [9.17, 15) is 28.9 Å². The van der Waals surface area contributed by atoms with Gasteiger partial charge in [0.25, 0.3) is 5.91 Å². The summed E-state index contributed by atoms with van der Waals surface area (Å²) in [5.41, 5.74) is -0.918. The smallest absolute Gasteiger partial charge is 0.338 e. The molecule has 9 nitrogen and oxygen atoms in total. The summed E-state index contributed by atoms with van der Waals surface area (Å²) in [6.07, 6.45) is 0. The average molecular weight is 417 g/mol. The number of amides is 2. The van der Waals surface area contributed by atoms with Gasteiger partial charge in [0.2, 0.25) is 11.7 Å². The van der Waals surface area contributed by atoms with Crippen molar-refractivity contribution in [3.8, 4) is 0 Å². The molecule has 2 aromatic rings. The maximum absolute atomic E-state index is 13.3. The molecular formula is C20H20FN3O6. The highest BCUT2D eigenvalue weighted by atomic mass is 19.1. The summed E-state index contributed by atoms with van der Waals surface area (Å²) in [6, 6.07) is 8.86. The van der Waals surface area contributed by atoms with E-state index >= 15 is 0 Å². The Morgan fingerprint density at radius 2 is 1.73 bits per heavy atom. The van der Waals surface area contributed by atoms with Gasteiger partial charge in [-0.2, -0.15) is 4.39 Å². The Labute approximate surface area is 171 Å². The van der Waals surface area contributed by atoms with Crippen LogP contribution in [0.3, 0.4) is 0 Å². The second kappa shape index (κ2) is 9.12. The number of anilines is 2. The molecule has 0 bridgehead atoms. The monoisotopic (exact) mass is 417 g/mol. The summed E-state index contributed by atoms with van der Waals surface area (Å²) in [6.45, 7) is 4.57. The predicted octanol–water partition coefficient (Wildman–Crippen LogP) is 3.51. The number of benzene rings is 2. The lowest BCUT2D eigenvalue weighted by atomic mass is 9.95. The van der Waals surface area contributed by atoms with Crippen molar-refractivity contribution in [2.75, 3.05) is 17.2 Å². The molecule has 158 valence electrons. The molecule has 2 amide bonds. The van der Waals surface area contributed by atoms with E-state index in [0.717, 1.165) is 18.2 Å². The second-order valence-electron chi connectivity index (χ2n) is 7.33. The summed E-state index contributed by atoms with van der Waals surface area (Å²) in [5, 5.41) is 15.7. The summed E-state index contributed by atoms with van der Waals surface area (Å²) < 4.78 is 18.2. The van der Waals surface area contributed by atoms with E-state index in [4.69, 9.17) is 4.74 Å². The molecule has 0 aromatic heterocycles. The Kier molecular flexibility index (Phi) is 6.83. The zero-order valence-electron chi connectivity index (χ0n) is 16.5. The molecular weight excluding hydrogens is 397 g/mol. The van der Waals surface area contributed by atoms with E-state index in [1.54, 1.807) is 32.9 Å². The zero-order valence-corrected chi connectivity index (χ0v) is 16.5. The van der Waals surface area contributed by atoms with Crippen molar-refractivity contribution in [3.63, 3.8) is 0 Å². The van der Waals surface area contributed by atoms with Crippen LogP contribution in [0.2, 0.25) is 0 Å². The highest BCUT2D eigenvalue weighted by Gasteiger charge is 2.21. The van der Waals surface area contributed by atoms with E-state index in [0.29, 0.717) is 5.69 Å². The van der Waals surface area contributed by atoms with Crippen LogP contribution < -0.4 is 10.6 Å². The molecule has 2 aromatic carbocycles. The lowest BCUT2D eigenvalue weighted by molar-refractivity contribution is -0.387. The van der Waals surface area contributed by atoms with E-state index in [1.165, 1.54) is 12.1 Å². The first-order chi connectivity index (χ1) is 14.0. The van der Waals surface area contributed by atoms with Crippen molar-refractivity contribution in [2.24, 2.45) is 5.41 Å². The minimum Gasteiger partial charge on any atom is -0.452 e. The molecule has 0 saturated carbocycles. The SMILES string of the molecule is CC(C)(C)C(=O)Nc1cccc(C(=O)OCC(=O)Nc2ccc(F)c([N+](=O)[O-])c2)c1. The minimum absolute atomic E-state index is 0.0176. The number of ether oxygens (including phenoxy) is 1.